The molecule has 1 aliphatic rings. The van der Waals surface area contributed by atoms with E-state index in [1.54, 1.807) is 31.2 Å². The summed E-state index contributed by atoms with van der Waals surface area (Å²) in [6, 6.07) is 9.06. The van der Waals surface area contributed by atoms with E-state index in [-0.39, 0.29) is 36.7 Å². The van der Waals surface area contributed by atoms with E-state index < -0.39 is 17.9 Å². The molecule has 0 radical (unpaired) electrons. The molecule has 1 saturated heterocycles. The second-order valence-corrected chi connectivity index (χ2v) is 8.46. The number of hydrogen-bond acceptors (Lipinski definition) is 8. The third-order valence-corrected chi connectivity index (χ3v) is 5.77. The summed E-state index contributed by atoms with van der Waals surface area (Å²) in [5, 5.41) is 17.0. The van der Waals surface area contributed by atoms with Crippen LogP contribution in [-0.4, -0.2) is 66.8 Å². The first-order valence-corrected chi connectivity index (χ1v) is 11.9. The number of carbonyl (C=O) groups excluding carboxylic acids is 2. The lowest BCUT2D eigenvalue weighted by Gasteiger charge is -2.26. The van der Waals surface area contributed by atoms with Crippen LogP contribution in [0.3, 0.4) is 0 Å². The highest BCUT2D eigenvalue weighted by molar-refractivity contribution is 5.91. The molecule has 1 aromatic carbocycles. The van der Waals surface area contributed by atoms with Crippen LogP contribution in [0.2, 0.25) is 0 Å². The van der Waals surface area contributed by atoms with Gasteiger partial charge < -0.3 is 30.0 Å². The molecule has 0 saturated carbocycles. The highest BCUT2D eigenvalue weighted by atomic mass is 19.1. The summed E-state index contributed by atoms with van der Waals surface area (Å²) in [7, 11) is 1.25. The molecule has 3 aromatic rings. The molecule has 0 spiro atoms. The van der Waals surface area contributed by atoms with Crippen molar-refractivity contribution >= 4 is 23.6 Å². The Morgan fingerprint density at radius 1 is 1.18 bits per heavy atom. The zero-order valence-corrected chi connectivity index (χ0v) is 20.9. The standard InChI is InChI=1S/C26H28FN5O6/c1-15-9-20(27)22(31-25(34)29-14-18-4-7-37-18)13-19(15)17-10-21(30-24(12-17)38-8-6-33)16-3-5-28-23(11-16)32-26(35)36-2/h3,5,9-13,18,33H,4,6-8,14H2,1-2H3,(H,28,32,35)(H2,29,31,34)/t18-/m1/s1. The van der Waals surface area contributed by atoms with Gasteiger partial charge in [-0.3, -0.25) is 5.32 Å². The van der Waals surface area contributed by atoms with E-state index in [9.17, 15) is 19.1 Å². The minimum atomic E-state index is -0.672. The molecule has 1 fully saturated rings. The van der Waals surface area contributed by atoms with Crippen LogP contribution in [0.5, 0.6) is 5.88 Å². The number of ether oxygens (including phenoxy) is 3. The minimum absolute atomic E-state index is 0.00212. The van der Waals surface area contributed by atoms with Gasteiger partial charge in [-0.2, -0.15) is 0 Å². The smallest absolute Gasteiger partial charge is 0.412 e. The molecular weight excluding hydrogens is 497 g/mol. The summed E-state index contributed by atoms with van der Waals surface area (Å²) in [6.45, 7) is 2.56. The van der Waals surface area contributed by atoms with Crippen molar-refractivity contribution < 1.29 is 33.3 Å². The van der Waals surface area contributed by atoms with E-state index in [2.05, 4.69) is 30.7 Å². The molecule has 0 unspecified atom stereocenters. The summed E-state index contributed by atoms with van der Waals surface area (Å²) in [6.07, 6.45) is 1.67. The maximum atomic E-state index is 14.8. The average Bonchev–Trinajstić information content (AvgIpc) is 2.88. The van der Waals surface area contributed by atoms with Crippen LogP contribution in [0.4, 0.5) is 25.5 Å². The third-order valence-electron chi connectivity index (χ3n) is 5.77. The summed E-state index contributed by atoms with van der Waals surface area (Å²) in [5.74, 6) is -0.107. The van der Waals surface area contributed by atoms with Gasteiger partial charge in [-0.15, -0.1) is 0 Å². The number of nitrogens with one attached hydrogen (secondary N) is 3. The number of carbonyl (C=O) groups is 2. The minimum Gasteiger partial charge on any atom is -0.475 e. The number of aryl methyl sites for hydroxylation is 1. The number of halogens is 1. The number of anilines is 2. The molecule has 4 N–H and O–H groups in total. The zero-order valence-electron chi connectivity index (χ0n) is 20.9. The molecule has 3 amide bonds. The van der Waals surface area contributed by atoms with Crippen molar-refractivity contribution in [3.63, 3.8) is 0 Å². The summed E-state index contributed by atoms with van der Waals surface area (Å²) >= 11 is 0. The van der Waals surface area contributed by atoms with Crippen molar-refractivity contribution in [1.82, 2.24) is 15.3 Å². The Morgan fingerprint density at radius 3 is 2.71 bits per heavy atom. The number of aromatic nitrogens is 2. The lowest BCUT2D eigenvalue weighted by atomic mass is 9.98. The first-order chi connectivity index (χ1) is 18.4. The van der Waals surface area contributed by atoms with Gasteiger partial charge >= 0.3 is 12.1 Å². The van der Waals surface area contributed by atoms with Crippen molar-refractivity contribution in [3.05, 3.63) is 54.0 Å². The van der Waals surface area contributed by atoms with Gasteiger partial charge in [-0.05, 0) is 60.4 Å². The summed E-state index contributed by atoms with van der Waals surface area (Å²) in [5.41, 5.74) is 2.96. The Balaban J connectivity index is 1.67. The van der Waals surface area contributed by atoms with Crippen molar-refractivity contribution in [1.29, 1.82) is 0 Å². The topological polar surface area (TPSA) is 144 Å². The predicted molar refractivity (Wildman–Crippen MR) is 138 cm³/mol. The Kier molecular flexibility index (Phi) is 8.66. The molecule has 0 aliphatic carbocycles. The van der Waals surface area contributed by atoms with Gasteiger partial charge in [-0.25, -0.2) is 23.9 Å². The number of rotatable bonds is 9. The van der Waals surface area contributed by atoms with E-state index in [1.165, 1.54) is 25.4 Å². The van der Waals surface area contributed by atoms with Gasteiger partial charge in [0.25, 0.3) is 0 Å². The quantitative estimate of drug-likeness (QED) is 0.331. The van der Waals surface area contributed by atoms with Gasteiger partial charge in [0.05, 0.1) is 31.2 Å². The molecule has 4 rings (SSSR count). The Hall–Kier alpha value is -4.29. The number of methoxy groups -OCH3 is 1. The first-order valence-electron chi connectivity index (χ1n) is 11.9. The largest absolute Gasteiger partial charge is 0.475 e. The lowest BCUT2D eigenvalue weighted by Crippen LogP contribution is -2.41. The fourth-order valence-corrected chi connectivity index (χ4v) is 3.74. The molecule has 0 bridgehead atoms. The van der Waals surface area contributed by atoms with Crippen LogP contribution in [0, 0.1) is 12.7 Å². The highest BCUT2D eigenvalue weighted by Crippen LogP contribution is 2.34. The van der Waals surface area contributed by atoms with Crippen LogP contribution in [0.25, 0.3) is 22.4 Å². The molecular formula is C26H28FN5O6. The Morgan fingerprint density at radius 2 is 2.00 bits per heavy atom. The predicted octanol–water partition coefficient (Wildman–Crippen LogP) is 3.72. The molecule has 1 atom stereocenters. The number of amides is 3. The molecule has 11 nitrogen and oxygen atoms in total. The number of nitrogens with zero attached hydrogens (tertiary/aromatic N) is 2. The molecule has 200 valence electrons. The third kappa shape index (κ3) is 6.72. The van der Waals surface area contributed by atoms with Crippen LogP contribution in [-0.2, 0) is 9.47 Å². The van der Waals surface area contributed by atoms with Crippen LogP contribution in [0.1, 0.15) is 12.0 Å². The number of aliphatic hydroxyl groups is 1. The monoisotopic (exact) mass is 525 g/mol. The normalized spacial score (nSPS) is 14.3. The lowest BCUT2D eigenvalue weighted by molar-refractivity contribution is -0.0465. The number of urea groups is 1. The fourth-order valence-electron chi connectivity index (χ4n) is 3.74. The highest BCUT2D eigenvalue weighted by Gasteiger charge is 2.19. The maximum absolute atomic E-state index is 14.8. The molecule has 38 heavy (non-hydrogen) atoms. The Bertz CT molecular complexity index is 1320. The molecule has 2 aromatic heterocycles. The molecule has 3 heterocycles. The van der Waals surface area contributed by atoms with Crippen molar-refractivity contribution in [3.8, 4) is 28.3 Å². The van der Waals surface area contributed by atoms with E-state index in [0.717, 1.165) is 6.42 Å². The van der Waals surface area contributed by atoms with E-state index in [0.29, 0.717) is 41.1 Å². The number of aliphatic hydroxyl groups excluding tert-OH is 1. The van der Waals surface area contributed by atoms with Crippen molar-refractivity contribution in [2.24, 2.45) is 0 Å². The van der Waals surface area contributed by atoms with Crippen LogP contribution >= 0.6 is 0 Å². The SMILES string of the molecule is COC(=O)Nc1cc(-c2cc(-c3cc(NC(=O)NC[C@H]4CCO4)c(F)cc3C)cc(OCCO)n2)ccn1. The van der Waals surface area contributed by atoms with Crippen molar-refractivity contribution in [2.45, 2.75) is 19.4 Å². The second kappa shape index (κ2) is 12.3. The average molecular weight is 526 g/mol. The van der Waals surface area contributed by atoms with Gasteiger partial charge in [0.15, 0.2) is 0 Å². The van der Waals surface area contributed by atoms with Gasteiger partial charge in [0.1, 0.15) is 18.2 Å². The molecule has 1 aliphatic heterocycles. The summed E-state index contributed by atoms with van der Waals surface area (Å²) < 4.78 is 30.3. The van der Waals surface area contributed by atoms with Crippen LogP contribution in [0.15, 0.2) is 42.6 Å². The van der Waals surface area contributed by atoms with Crippen molar-refractivity contribution in [2.75, 3.05) is 44.1 Å². The van der Waals surface area contributed by atoms with Gasteiger partial charge in [0, 0.05) is 31.0 Å². The number of benzene rings is 1. The molecule has 12 heteroatoms. The number of hydrogen-bond donors (Lipinski definition) is 4. The fraction of sp³-hybridized carbons (Fsp3) is 0.308. The maximum Gasteiger partial charge on any atom is 0.412 e. The zero-order chi connectivity index (χ0) is 27.1. The van der Waals surface area contributed by atoms with E-state index in [4.69, 9.17) is 9.47 Å². The second-order valence-electron chi connectivity index (χ2n) is 8.46. The van der Waals surface area contributed by atoms with E-state index in [1.807, 2.05) is 0 Å². The summed E-state index contributed by atoms with van der Waals surface area (Å²) in [4.78, 5) is 32.6. The van der Waals surface area contributed by atoms with Gasteiger partial charge in [0.2, 0.25) is 5.88 Å². The number of pyridine rings is 2. The van der Waals surface area contributed by atoms with Gasteiger partial charge in [-0.1, -0.05) is 0 Å². The first kappa shape index (κ1) is 26.8. The van der Waals surface area contributed by atoms with Crippen LogP contribution < -0.4 is 20.7 Å². The van der Waals surface area contributed by atoms with E-state index >= 15 is 0 Å². The Labute approximate surface area is 218 Å².